The number of ketones is 1. The molecule has 0 aliphatic rings. The van der Waals surface area contributed by atoms with Crippen LogP contribution in [0.5, 0.6) is 0 Å². The van der Waals surface area contributed by atoms with Gasteiger partial charge in [0.05, 0.1) is 0 Å². The van der Waals surface area contributed by atoms with Crippen molar-refractivity contribution in [3.05, 3.63) is 96.6 Å². The highest BCUT2D eigenvalue weighted by molar-refractivity contribution is 6.18. The number of benzene rings is 5. The lowest BCUT2D eigenvalue weighted by Crippen LogP contribution is -1.93. The van der Waals surface area contributed by atoms with Crippen LogP contribution in [0.25, 0.3) is 43.4 Å². The van der Waals surface area contributed by atoms with Gasteiger partial charge < -0.3 is 0 Å². The van der Waals surface area contributed by atoms with Gasteiger partial charge in [-0.15, -0.1) is 0 Å². The molecule has 0 heterocycles. The predicted molar refractivity (Wildman–Crippen MR) is 114 cm³/mol. The summed E-state index contributed by atoms with van der Waals surface area (Å²) in [4.78, 5) is 12.0. The third-order valence-corrected chi connectivity index (χ3v) is 5.31. The van der Waals surface area contributed by atoms with Crippen molar-refractivity contribution >= 4 is 38.1 Å². The number of hydrogen-bond donors (Lipinski definition) is 0. The van der Waals surface area contributed by atoms with Gasteiger partial charge in [0.2, 0.25) is 0 Å². The number of hydrogen-bond acceptors (Lipinski definition) is 1. The normalized spacial score (nSPS) is 11.3. The molecule has 0 aliphatic carbocycles. The van der Waals surface area contributed by atoms with Crippen molar-refractivity contribution in [2.75, 3.05) is 0 Å². The number of fused-ring (bicyclic) bond motifs is 4. The van der Waals surface area contributed by atoms with E-state index in [-0.39, 0.29) is 5.78 Å². The summed E-state index contributed by atoms with van der Waals surface area (Å²) in [7, 11) is 0. The summed E-state index contributed by atoms with van der Waals surface area (Å²) in [6.07, 6.45) is 0. The lowest BCUT2D eigenvalue weighted by atomic mass is 9.90. The Bertz CT molecular complexity index is 1330. The van der Waals surface area contributed by atoms with Crippen LogP contribution in [0.4, 0.5) is 0 Å². The molecule has 0 saturated carbocycles. The molecule has 1 nitrogen and oxygen atoms in total. The molecule has 5 aromatic rings. The Balaban J connectivity index is 1.96. The molecular weight excluding hydrogens is 328 g/mol. The standard InChI is InChI=1S/C26H18O/c1-17(27)19-11-12-23-25-15-21-10-6-5-9-20(21)13-22(25)16-24(26(23)14-19)18-7-3-2-4-8-18/h2-16H,1H3. The molecule has 1 heteroatoms. The first-order chi connectivity index (χ1) is 13.2. The van der Waals surface area contributed by atoms with E-state index in [1.165, 1.54) is 32.5 Å². The second-order valence-electron chi connectivity index (χ2n) is 7.03. The van der Waals surface area contributed by atoms with Gasteiger partial charge in [-0.3, -0.25) is 4.79 Å². The molecule has 27 heavy (non-hydrogen) atoms. The van der Waals surface area contributed by atoms with Gasteiger partial charge in [0, 0.05) is 5.56 Å². The zero-order chi connectivity index (χ0) is 18.4. The summed E-state index contributed by atoms with van der Waals surface area (Å²) in [6.45, 7) is 1.62. The number of carbonyl (C=O) groups is 1. The molecule has 0 N–H and O–H groups in total. The Kier molecular flexibility index (Phi) is 3.54. The summed E-state index contributed by atoms with van der Waals surface area (Å²) >= 11 is 0. The van der Waals surface area contributed by atoms with E-state index in [2.05, 4.69) is 72.8 Å². The van der Waals surface area contributed by atoms with Crippen molar-refractivity contribution in [2.24, 2.45) is 0 Å². The van der Waals surface area contributed by atoms with Gasteiger partial charge in [0.15, 0.2) is 5.78 Å². The molecule has 0 aromatic heterocycles. The number of Topliss-reactive ketones (excluding diaryl/α,β-unsaturated/α-hetero) is 1. The zero-order valence-electron chi connectivity index (χ0n) is 15.1. The minimum absolute atomic E-state index is 0.0921. The van der Waals surface area contributed by atoms with Gasteiger partial charge in [-0.2, -0.15) is 0 Å². The first kappa shape index (κ1) is 15.8. The van der Waals surface area contributed by atoms with Crippen molar-refractivity contribution in [2.45, 2.75) is 6.92 Å². The minimum atomic E-state index is 0.0921. The molecule has 0 fully saturated rings. The molecule has 0 spiro atoms. The summed E-state index contributed by atoms with van der Waals surface area (Å²) in [6, 6.07) is 31.7. The van der Waals surface area contributed by atoms with E-state index in [1.807, 2.05) is 18.2 Å². The first-order valence-corrected chi connectivity index (χ1v) is 9.16. The molecule has 0 amide bonds. The van der Waals surface area contributed by atoms with E-state index in [0.29, 0.717) is 0 Å². The first-order valence-electron chi connectivity index (χ1n) is 9.16. The summed E-state index contributed by atoms with van der Waals surface area (Å²) in [5, 5.41) is 7.21. The van der Waals surface area contributed by atoms with Gasteiger partial charge in [-0.1, -0.05) is 66.7 Å². The third-order valence-electron chi connectivity index (χ3n) is 5.31. The lowest BCUT2D eigenvalue weighted by Gasteiger charge is -2.13. The van der Waals surface area contributed by atoms with E-state index in [1.54, 1.807) is 6.92 Å². The fraction of sp³-hybridized carbons (Fsp3) is 0.0385. The van der Waals surface area contributed by atoms with E-state index < -0.39 is 0 Å². The van der Waals surface area contributed by atoms with Crippen LogP contribution >= 0.6 is 0 Å². The van der Waals surface area contributed by atoms with Crippen molar-refractivity contribution in [1.29, 1.82) is 0 Å². The second kappa shape index (κ2) is 6.07. The molecule has 0 bridgehead atoms. The molecule has 0 unspecified atom stereocenters. The largest absolute Gasteiger partial charge is 0.295 e. The smallest absolute Gasteiger partial charge is 0.159 e. The van der Waals surface area contributed by atoms with Crippen LogP contribution in [0.3, 0.4) is 0 Å². The molecule has 0 atom stereocenters. The van der Waals surface area contributed by atoms with Crippen LogP contribution in [0.15, 0.2) is 91.0 Å². The van der Waals surface area contributed by atoms with Gasteiger partial charge in [0.1, 0.15) is 0 Å². The maximum Gasteiger partial charge on any atom is 0.159 e. The predicted octanol–water partition coefficient (Wildman–Crippen LogP) is 7.02. The van der Waals surface area contributed by atoms with Gasteiger partial charge in [-0.05, 0) is 74.6 Å². The molecule has 5 aromatic carbocycles. The fourth-order valence-corrected chi connectivity index (χ4v) is 3.92. The summed E-state index contributed by atoms with van der Waals surface area (Å²) in [5.74, 6) is 0.0921. The van der Waals surface area contributed by atoms with E-state index in [9.17, 15) is 4.79 Å². The monoisotopic (exact) mass is 346 g/mol. The Morgan fingerprint density at radius 3 is 2.04 bits per heavy atom. The highest BCUT2D eigenvalue weighted by Crippen LogP contribution is 2.37. The molecule has 128 valence electrons. The van der Waals surface area contributed by atoms with Gasteiger partial charge in [0.25, 0.3) is 0 Å². The minimum Gasteiger partial charge on any atom is -0.295 e. The SMILES string of the molecule is CC(=O)c1ccc2c(c1)c(-c1ccccc1)cc1cc3ccccc3cc12. The Hall–Kier alpha value is -3.45. The van der Waals surface area contributed by atoms with Crippen LogP contribution in [-0.2, 0) is 0 Å². The van der Waals surface area contributed by atoms with Crippen LogP contribution < -0.4 is 0 Å². The maximum absolute atomic E-state index is 12.0. The summed E-state index contributed by atoms with van der Waals surface area (Å²) < 4.78 is 0. The molecule has 0 radical (unpaired) electrons. The van der Waals surface area contributed by atoms with Gasteiger partial charge >= 0.3 is 0 Å². The average molecular weight is 346 g/mol. The molecule has 5 rings (SSSR count). The Morgan fingerprint density at radius 1 is 0.593 bits per heavy atom. The second-order valence-corrected chi connectivity index (χ2v) is 7.03. The van der Waals surface area contributed by atoms with Gasteiger partial charge in [-0.25, -0.2) is 0 Å². The number of rotatable bonds is 2. The number of carbonyl (C=O) groups excluding carboxylic acids is 1. The highest BCUT2D eigenvalue weighted by atomic mass is 16.1. The highest BCUT2D eigenvalue weighted by Gasteiger charge is 2.11. The van der Waals surface area contributed by atoms with E-state index in [4.69, 9.17) is 0 Å². The van der Waals surface area contributed by atoms with Crippen LogP contribution in [0.2, 0.25) is 0 Å². The topological polar surface area (TPSA) is 17.1 Å². The fourth-order valence-electron chi connectivity index (χ4n) is 3.92. The lowest BCUT2D eigenvalue weighted by molar-refractivity contribution is 0.101. The van der Waals surface area contributed by atoms with E-state index >= 15 is 0 Å². The van der Waals surface area contributed by atoms with Crippen LogP contribution in [0, 0.1) is 0 Å². The molecule has 0 saturated heterocycles. The summed E-state index contributed by atoms with van der Waals surface area (Å²) in [5.41, 5.74) is 3.08. The quantitative estimate of drug-likeness (QED) is 0.191. The van der Waals surface area contributed by atoms with Crippen molar-refractivity contribution in [3.8, 4) is 11.1 Å². The average Bonchev–Trinajstić information content (AvgIpc) is 2.72. The Morgan fingerprint density at radius 2 is 1.30 bits per heavy atom. The Labute approximate surface area is 157 Å². The van der Waals surface area contributed by atoms with Crippen molar-refractivity contribution < 1.29 is 4.79 Å². The maximum atomic E-state index is 12.0. The van der Waals surface area contributed by atoms with Crippen LogP contribution in [0.1, 0.15) is 17.3 Å². The molecule has 0 aliphatic heterocycles. The van der Waals surface area contributed by atoms with Crippen molar-refractivity contribution in [3.63, 3.8) is 0 Å². The van der Waals surface area contributed by atoms with Crippen molar-refractivity contribution in [1.82, 2.24) is 0 Å². The molecular formula is C26H18O. The third kappa shape index (κ3) is 2.60. The van der Waals surface area contributed by atoms with E-state index in [0.717, 1.165) is 16.5 Å². The van der Waals surface area contributed by atoms with Crippen LogP contribution in [-0.4, -0.2) is 5.78 Å². The zero-order valence-corrected chi connectivity index (χ0v) is 15.1.